The number of Topliss-reactive ketones (excluding diaryl/α,β-unsaturated/α-hetero) is 2. The molecule has 36 heavy (non-hydrogen) atoms. The van der Waals surface area contributed by atoms with Crippen molar-refractivity contribution in [1.82, 2.24) is 0 Å². The summed E-state index contributed by atoms with van der Waals surface area (Å²) >= 11 is 0. The van der Waals surface area contributed by atoms with Gasteiger partial charge in [-0.1, -0.05) is 36.5 Å². The average molecular weight is 497 g/mol. The zero-order valence-electron chi connectivity index (χ0n) is 21.2. The van der Waals surface area contributed by atoms with Crippen LogP contribution in [0.15, 0.2) is 71.3 Å². The van der Waals surface area contributed by atoms with Gasteiger partial charge in [0.05, 0.1) is 10.8 Å². The lowest BCUT2D eigenvalue weighted by atomic mass is 9.39. The Hall–Kier alpha value is -2.78. The first-order valence-electron chi connectivity index (χ1n) is 12.1. The van der Waals surface area contributed by atoms with Crippen molar-refractivity contribution in [3.8, 4) is 0 Å². The van der Waals surface area contributed by atoms with Crippen molar-refractivity contribution in [2.45, 2.75) is 64.3 Å². The summed E-state index contributed by atoms with van der Waals surface area (Å²) in [6.07, 6.45) is 12.6. The molecule has 8 nitrogen and oxygen atoms in total. The summed E-state index contributed by atoms with van der Waals surface area (Å²) in [4.78, 5) is 28.7. The highest BCUT2D eigenvalue weighted by Gasteiger charge is 2.99. The monoisotopic (exact) mass is 496 g/mol. The Kier molecular flexibility index (Phi) is 4.81. The van der Waals surface area contributed by atoms with Crippen molar-refractivity contribution in [2.75, 3.05) is 0 Å². The molecule has 0 aromatic carbocycles. The van der Waals surface area contributed by atoms with Crippen LogP contribution >= 0.6 is 0 Å². The Morgan fingerprint density at radius 2 is 1.03 bits per heavy atom. The predicted octanol–water partition coefficient (Wildman–Crippen LogP) is 3.25. The molecule has 192 valence electrons. The minimum absolute atomic E-state index is 0.113. The van der Waals surface area contributed by atoms with E-state index < -0.39 is 57.0 Å². The fourth-order valence-corrected chi connectivity index (χ4v) is 7.94. The van der Waals surface area contributed by atoms with Crippen LogP contribution in [0.1, 0.15) is 41.5 Å². The maximum absolute atomic E-state index is 14.3. The number of hydrogen-bond acceptors (Lipinski definition) is 8. The van der Waals surface area contributed by atoms with E-state index in [0.29, 0.717) is 0 Å². The van der Waals surface area contributed by atoms with Crippen LogP contribution in [-0.2, 0) is 19.1 Å². The number of ether oxygens (including phenoxy) is 2. The van der Waals surface area contributed by atoms with E-state index in [1.165, 1.54) is 39.8 Å². The van der Waals surface area contributed by atoms with Gasteiger partial charge in [-0.3, -0.25) is 9.59 Å². The van der Waals surface area contributed by atoms with E-state index in [-0.39, 0.29) is 22.7 Å². The van der Waals surface area contributed by atoms with Gasteiger partial charge < -0.3 is 29.9 Å². The first-order chi connectivity index (χ1) is 16.7. The summed E-state index contributed by atoms with van der Waals surface area (Å²) in [6, 6.07) is 0. The zero-order chi connectivity index (χ0) is 26.7. The molecular formula is C28H32O8. The smallest absolute Gasteiger partial charge is 0.210 e. The van der Waals surface area contributed by atoms with E-state index >= 15 is 0 Å². The lowest BCUT2D eigenvalue weighted by Crippen LogP contribution is -2.74. The number of hydrogen-bond donors (Lipinski definition) is 4. The van der Waals surface area contributed by atoms with Crippen molar-refractivity contribution in [2.24, 2.45) is 22.7 Å². The molecule has 0 radical (unpaired) electrons. The topological polar surface area (TPSA) is 134 Å². The van der Waals surface area contributed by atoms with Crippen LogP contribution in [0.3, 0.4) is 0 Å². The van der Waals surface area contributed by atoms with Crippen LogP contribution in [0.2, 0.25) is 0 Å². The van der Waals surface area contributed by atoms with Gasteiger partial charge in [0.15, 0.2) is 11.6 Å². The van der Waals surface area contributed by atoms with Gasteiger partial charge in [0.25, 0.3) is 0 Å². The van der Waals surface area contributed by atoms with E-state index in [0.717, 1.165) is 0 Å². The second kappa shape index (κ2) is 6.95. The highest BCUT2D eigenvalue weighted by atomic mass is 16.8. The Bertz CT molecular complexity index is 1190. The summed E-state index contributed by atoms with van der Waals surface area (Å²) < 4.78 is 12.5. The van der Waals surface area contributed by atoms with Crippen LogP contribution < -0.4 is 0 Å². The molecule has 5 fully saturated rings. The van der Waals surface area contributed by atoms with Crippen LogP contribution in [0, 0.1) is 22.7 Å². The minimum Gasteiger partial charge on any atom is -0.508 e. The Morgan fingerprint density at radius 1 is 0.694 bits per heavy atom. The number of carbonyl (C=O) groups excluding carboxylic acids is 2. The van der Waals surface area contributed by atoms with E-state index in [9.17, 15) is 30.0 Å². The van der Waals surface area contributed by atoms with Gasteiger partial charge in [-0.15, -0.1) is 0 Å². The Morgan fingerprint density at radius 3 is 1.33 bits per heavy atom. The molecule has 2 aliphatic heterocycles. The first kappa shape index (κ1) is 24.9. The molecule has 0 aromatic rings. The number of aliphatic hydroxyl groups is 4. The fourth-order valence-electron chi connectivity index (χ4n) is 7.94. The van der Waals surface area contributed by atoms with Crippen molar-refractivity contribution >= 4 is 11.6 Å². The first-order valence-corrected chi connectivity index (χ1v) is 12.1. The molecule has 5 aliphatic rings. The summed E-state index contributed by atoms with van der Waals surface area (Å²) in [5.74, 6) is -9.12. The van der Waals surface area contributed by atoms with Crippen molar-refractivity contribution in [1.29, 1.82) is 0 Å². The molecule has 0 unspecified atom stereocenters. The van der Waals surface area contributed by atoms with Gasteiger partial charge in [0.1, 0.15) is 22.7 Å². The number of ketones is 2. The molecule has 8 bridgehead atoms. The van der Waals surface area contributed by atoms with Crippen LogP contribution in [0.25, 0.3) is 0 Å². The van der Waals surface area contributed by atoms with Gasteiger partial charge in [-0.05, 0) is 53.7 Å². The van der Waals surface area contributed by atoms with Gasteiger partial charge in [0.2, 0.25) is 11.6 Å². The van der Waals surface area contributed by atoms with Crippen LogP contribution in [0.5, 0.6) is 0 Å². The Balaban J connectivity index is 1.93. The number of carbonyl (C=O) groups is 2. The molecule has 3 aliphatic carbocycles. The average Bonchev–Trinajstić information content (AvgIpc) is 3.12. The van der Waals surface area contributed by atoms with Gasteiger partial charge in [-0.25, -0.2) is 0 Å². The molecular weight excluding hydrogens is 464 g/mol. The van der Waals surface area contributed by atoms with Gasteiger partial charge in [0, 0.05) is 23.0 Å². The van der Waals surface area contributed by atoms with E-state index in [1.807, 2.05) is 0 Å². The molecule has 0 aromatic heterocycles. The minimum atomic E-state index is -2.26. The SMILES string of the molecule is C/C=C/C=C/C(O)=C1C(=O)[C@]2(C)[C@H]3C(=C(O)/C=C/C=C/C)C(=O)[C@@]4(C)[C@@H]1[C@]1(C)O[C@@]4(O)[C@@]3(C)O[C@@]12O. The van der Waals surface area contributed by atoms with Crippen LogP contribution in [-0.4, -0.2) is 54.8 Å². The van der Waals surface area contributed by atoms with E-state index in [2.05, 4.69) is 0 Å². The number of aliphatic hydroxyl groups excluding tert-OH is 2. The normalized spacial score (nSPS) is 51.8. The second-order valence-electron chi connectivity index (χ2n) is 11.0. The molecule has 4 N–H and O–H groups in total. The Labute approximate surface area is 209 Å². The molecule has 0 amide bonds. The maximum atomic E-state index is 14.3. The summed E-state index contributed by atoms with van der Waals surface area (Å²) in [5.41, 5.74) is -7.52. The zero-order valence-corrected chi connectivity index (χ0v) is 21.2. The predicted molar refractivity (Wildman–Crippen MR) is 129 cm³/mol. The summed E-state index contributed by atoms with van der Waals surface area (Å²) in [6.45, 7) is 9.48. The number of rotatable bonds is 4. The van der Waals surface area contributed by atoms with E-state index in [1.54, 1.807) is 50.3 Å². The van der Waals surface area contributed by atoms with E-state index in [4.69, 9.17) is 9.47 Å². The quantitative estimate of drug-likeness (QED) is 0.265. The third-order valence-electron chi connectivity index (χ3n) is 9.41. The molecule has 8 heteroatoms. The van der Waals surface area contributed by atoms with Crippen molar-refractivity contribution < 1.29 is 39.5 Å². The molecule has 0 spiro atoms. The van der Waals surface area contributed by atoms with Crippen molar-refractivity contribution in [3.63, 3.8) is 0 Å². The standard InChI is InChI=1S/C28H32O8/c1-7-9-11-13-15(29)17-19-23(3)22(32)18(16(30)14-12-10-8-2)20-24(4,21(17)31)28(34)25(19,5)35-27(23,33)26(20,6)36-28/h7-14,19-20,29-30,33-34H,1-6H3/b9-7+,10-8+,13-11+,14-12+,17-15?,18-16?/t19-,20-,23-,24+,25+,26+,27-,28-/m1/s1. The lowest BCUT2D eigenvalue weighted by Gasteiger charge is -2.58. The third kappa shape index (κ3) is 2.15. The third-order valence-corrected chi connectivity index (χ3v) is 9.41. The molecule has 3 saturated carbocycles. The molecule has 2 heterocycles. The summed E-state index contributed by atoms with van der Waals surface area (Å²) in [5, 5.41) is 46.6. The highest BCUT2D eigenvalue weighted by Crippen LogP contribution is 2.83. The molecule has 8 atom stereocenters. The van der Waals surface area contributed by atoms with Gasteiger partial charge >= 0.3 is 0 Å². The van der Waals surface area contributed by atoms with Gasteiger partial charge in [-0.2, -0.15) is 0 Å². The lowest BCUT2D eigenvalue weighted by molar-refractivity contribution is -0.450. The molecule has 5 rings (SSSR count). The summed E-state index contributed by atoms with van der Waals surface area (Å²) in [7, 11) is 0. The fraction of sp³-hybridized carbons (Fsp3) is 0.500. The maximum Gasteiger partial charge on any atom is 0.210 e. The van der Waals surface area contributed by atoms with Crippen LogP contribution in [0.4, 0.5) is 0 Å². The molecule has 2 saturated heterocycles. The number of allylic oxidation sites excluding steroid dienone is 8. The largest absolute Gasteiger partial charge is 0.508 e. The second-order valence-corrected chi connectivity index (χ2v) is 11.0. The highest BCUT2D eigenvalue weighted by molar-refractivity contribution is 6.13. The van der Waals surface area contributed by atoms with Crippen molar-refractivity contribution in [3.05, 3.63) is 71.3 Å².